The monoisotopic (exact) mass is 439 g/mol. The van der Waals surface area contributed by atoms with Gasteiger partial charge in [-0.25, -0.2) is 4.39 Å². The number of nitrogens with two attached hydrogens (primary N) is 1. The number of hydrogen-bond acceptors (Lipinski definition) is 5. The number of anilines is 1. The van der Waals surface area contributed by atoms with Gasteiger partial charge in [0.1, 0.15) is 11.9 Å². The molecule has 2 aliphatic heterocycles. The van der Waals surface area contributed by atoms with Crippen LogP contribution in [0.1, 0.15) is 5.56 Å². The third kappa shape index (κ3) is 5.26. The molecular formula is C24H30FN5O2. The molecule has 2 heterocycles. The number of carbonyl (C=O) groups excluding carboxylic acids is 2. The number of halogens is 1. The molecule has 0 aromatic heterocycles. The Labute approximate surface area is 188 Å². The summed E-state index contributed by atoms with van der Waals surface area (Å²) in [7, 11) is 0. The SMILES string of the molecule is NC(=O)C1CN(Cc2ccccc2)CCN1CC(=O)N1CCN(c2ccccc2F)CC1. The fraction of sp³-hybridized carbons (Fsp3) is 0.417. The summed E-state index contributed by atoms with van der Waals surface area (Å²) in [5, 5.41) is 0. The van der Waals surface area contributed by atoms with Crippen LogP contribution >= 0.6 is 0 Å². The molecule has 0 aliphatic carbocycles. The molecule has 4 rings (SSSR count). The van der Waals surface area contributed by atoms with E-state index in [4.69, 9.17) is 5.73 Å². The summed E-state index contributed by atoms with van der Waals surface area (Å²) in [4.78, 5) is 33.0. The van der Waals surface area contributed by atoms with E-state index in [1.807, 2.05) is 34.1 Å². The number of carbonyl (C=O) groups is 2. The topological polar surface area (TPSA) is 73.1 Å². The van der Waals surface area contributed by atoms with Gasteiger partial charge in [-0.3, -0.25) is 19.4 Å². The average Bonchev–Trinajstić information content (AvgIpc) is 2.81. The molecule has 0 radical (unpaired) electrons. The Balaban J connectivity index is 1.31. The largest absolute Gasteiger partial charge is 0.368 e. The number of hydrogen-bond donors (Lipinski definition) is 1. The Hall–Kier alpha value is -2.97. The second-order valence-corrected chi connectivity index (χ2v) is 8.43. The first-order valence-corrected chi connectivity index (χ1v) is 11.1. The summed E-state index contributed by atoms with van der Waals surface area (Å²) in [5.74, 6) is -0.661. The van der Waals surface area contributed by atoms with Crippen LogP contribution in [0, 0.1) is 5.82 Å². The maximum absolute atomic E-state index is 14.1. The maximum atomic E-state index is 14.1. The number of nitrogens with zero attached hydrogens (tertiary/aromatic N) is 4. The van der Waals surface area contributed by atoms with E-state index in [2.05, 4.69) is 17.0 Å². The lowest BCUT2D eigenvalue weighted by atomic mass is 10.1. The number of benzene rings is 2. The first-order valence-electron chi connectivity index (χ1n) is 11.1. The van der Waals surface area contributed by atoms with E-state index in [0.29, 0.717) is 45.0 Å². The summed E-state index contributed by atoms with van der Waals surface area (Å²) >= 11 is 0. The molecule has 2 saturated heterocycles. The maximum Gasteiger partial charge on any atom is 0.236 e. The zero-order valence-corrected chi connectivity index (χ0v) is 18.2. The first kappa shape index (κ1) is 22.2. The molecule has 2 fully saturated rings. The zero-order valence-electron chi connectivity index (χ0n) is 18.2. The first-order chi connectivity index (χ1) is 15.5. The van der Waals surface area contributed by atoms with Crippen LogP contribution < -0.4 is 10.6 Å². The second-order valence-electron chi connectivity index (χ2n) is 8.43. The number of amides is 2. The van der Waals surface area contributed by atoms with Gasteiger partial charge in [0.2, 0.25) is 11.8 Å². The number of rotatable bonds is 6. The Morgan fingerprint density at radius 2 is 1.59 bits per heavy atom. The molecule has 2 N–H and O–H groups in total. The van der Waals surface area contributed by atoms with Gasteiger partial charge in [0.25, 0.3) is 0 Å². The molecule has 1 unspecified atom stereocenters. The van der Waals surface area contributed by atoms with Crippen molar-refractivity contribution >= 4 is 17.5 Å². The van der Waals surface area contributed by atoms with Gasteiger partial charge < -0.3 is 15.5 Å². The molecule has 0 spiro atoms. The van der Waals surface area contributed by atoms with Gasteiger partial charge >= 0.3 is 0 Å². The number of piperazine rings is 2. The van der Waals surface area contributed by atoms with E-state index in [9.17, 15) is 14.0 Å². The molecule has 170 valence electrons. The highest BCUT2D eigenvalue weighted by Crippen LogP contribution is 2.20. The van der Waals surface area contributed by atoms with Gasteiger partial charge in [0, 0.05) is 52.4 Å². The standard InChI is InChI=1S/C24H30FN5O2/c25-20-8-4-5-9-21(20)28-12-14-29(15-13-28)23(31)18-30-11-10-27(17-22(30)24(26)32)16-19-6-2-1-3-7-19/h1-9,22H,10-18H2,(H2,26,32). The van der Waals surface area contributed by atoms with E-state index in [1.54, 1.807) is 17.0 Å². The van der Waals surface area contributed by atoms with Crippen molar-refractivity contribution in [1.29, 1.82) is 0 Å². The van der Waals surface area contributed by atoms with Crippen molar-refractivity contribution in [3.8, 4) is 0 Å². The second kappa shape index (κ2) is 10.1. The van der Waals surface area contributed by atoms with Crippen LogP contribution in [0.25, 0.3) is 0 Å². The molecule has 2 aromatic carbocycles. The number of primary amides is 1. The highest BCUT2D eigenvalue weighted by molar-refractivity contribution is 5.83. The van der Waals surface area contributed by atoms with Crippen LogP contribution in [0.15, 0.2) is 54.6 Å². The van der Waals surface area contributed by atoms with Crippen LogP contribution in [0.5, 0.6) is 0 Å². The van der Waals surface area contributed by atoms with Crippen molar-refractivity contribution in [2.24, 2.45) is 5.73 Å². The van der Waals surface area contributed by atoms with E-state index in [-0.39, 0.29) is 18.3 Å². The minimum Gasteiger partial charge on any atom is -0.368 e. The highest BCUT2D eigenvalue weighted by atomic mass is 19.1. The lowest BCUT2D eigenvalue weighted by molar-refractivity contribution is -0.136. The van der Waals surface area contributed by atoms with E-state index in [1.165, 1.54) is 11.6 Å². The Bertz CT molecular complexity index is 933. The van der Waals surface area contributed by atoms with Gasteiger partial charge in [0.15, 0.2) is 0 Å². The minimum atomic E-state index is -0.490. The minimum absolute atomic E-state index is 0.0130. The molecule has 32 heavy (non-hydrogen) atoms. The van der Waals surface area contributed by atoms with Crippen LogP contribution in [-0.2, 0) is 16.1 Å². The predicted molar refractivity (Wildman–Crippen MR) is 121 cm³/mol. The fourth-order valence-electron chi connectivity index (χ4n) is 4.50. The smallest absolute Gasteiger partial charge is 0.236 e. The fourth-order valence-corrected chi connectivity index (χ4v) is 4.50. The molecule has 7 nitrogen and oxygen atoms in total. The summed E-state index contributed by atoms with van der Waals surface area (Å²) in [6.07, 6.45) is 0. The van der Waals surface area contributed by atoms with E-state index >= 15 is 0 Å². The van der Waals surface area contributed by atoms with Gasteiger partial charge in [-0.05, 0) is 17.7 Å². The van der Waals surface area contributed by atoms with Crippen LogP contribution in [0.4, 0.5) is 10.1 Å². The van der Waals surface area contributed by atoms with Crippen molar-refractivity contribution in [2.45, 2.75) is 12.6 Å². The van der Waals surface area contributed by atoms with Gasteiger partial charge in [-0.15, -0.1) is 0 Å². The van der Waals surface area contributed by atoms with Gasteiger partial charge in [-0.1, -0.05) is 42.5 Å². The van der Waals surface area contributed by atoms with E-state index in [0.717, 1.165) is 13.1 Å². The molecular weight excluding hydrogens is 409 g/mol. The van der Waals surface area contributed by atoms with Crippen molar-refractivity contribution in [2.75, 3.05) is 57.3 Å². The van der Waals surface area contributed by atoms with Crippen LogP contribution in [0.2, 0.25) is 0 Å². The lowest BCUT2D eigenvalue weighted by Crippen LogP contribution is -2.60. The molecule has 2 amide bonds. The van der Waals surface area contributed by atoms with Crippen molar-refractivity contribution in [1.82, 2.24) is 14.7 Å². The molecule has 2 aliphatic rings. The Morgan fingerprint density at radius 1 is 0.906 bits per heavy atom. The molecule has 0 saturated carbocycles. The summed E-state index contributed by atoms with van der Waals surface area (Å²) in [5.41, 5.74) is 7.45. The molecule has 2 aromatic rings. The third-order valence-electron chi connectivity index (χ3n) is 6.32. The molecule has 8 heteroatoms. The Kier molecular flexibility index (Phi) is 7.02. The highest BCUT2D eigenvalue weighted by Gasteiger charge is 2.33. The lowest BCUT2D eigenvalue weighted by Gasteiger charge is -2.41. The number of para-hydroxylation sites is 1. The predicted octanol–water partition coefficient (Wildman–Crippen LogP) is 1.15. The van der Waals surface area contributed by atoms with Gasteiger partial charge in [-0.2, -0.15) is 0 Å². The normalized spacial score (nSPS) is 20.3. The summed E-state index contributed by atoms with van der Waals surface area (Å²) < 4.78 is 14.1. The average molecular weight is 440 g/mol. The van der Waals surface area contributed by atoms with Gasteiger partial charge in [0.05, 0.1) is 12.2 Å². The Morgan fingerprint density at radius 3 is 2.28 bits per heavy atom. The summed E-state index contributed by atoms with van der Waals surface area (Å²) in [6.45, 7) is 5.04. The van der Waals surface area contributed by atoms with Crippen molar-refractivity contribution < 1.29 is 14.0 Å². The quantitative estimate of drug-likeness (QED) is 0.731. The van der Waals surface area contributed by atoms with E-state index < -0.39 is 11.9 Å². The van der Waals surface area contributed by atoms with Crippen LogP contribution in [-0.4, -0.2) is 84.9 Å². The third-order valence-corrected chi connectivity index (χ3v) is 6.32. The summed E-state index contributed by atoms with van der Waals surface area (Å²) in [6, 6.07) is 16.3. The van der Waals surface area contributed by atoms with Crippen molar-refractivity contribution in [3.63, 3.8) is 0 Å². The molecule has 1 atom stereocenters. The molecule has 0 bridgehead atoms. The van der Waals surface area contributed by atoms with Crippen LogP contribution in [0.3, 0.4) is 0 Å². The zero-order chi connectivity index (χ0) is 22.5. The van der Waals surface area contributed by atoms with Crippen molar-refractivity contribution in [3.05, 3.63) is 66.0 Å².